The predicted molar refractivity (Wildman–Crippen MR) is 90.0 cm³/mol. The van der Waals surface area contributed by atoms with Gasteiger partial charge >= 0.3 is 0 Å². The second-order valence-corrected chi connectivity index (χ2v) is 7.77. The van der Waals surface area contributed by atoms with E-state index in [0.717, 1.165) is 47.9 Å². The first-order valence-corrected chi connectivity index (χ1v) is 8.95. The molecule has 122 valence electrons. The van der Waals surface area contributed by atoms with Crippen molar-refractivity contribution in [1.29, 1.82) is 5.41 Å². The third kappa shape index (κ3) is 3.25. The minimum Gasteiger partial charge on any atom is -0.365 e. The van der Waals surface area contributed by atoms with Crippen LogP contribution in [-0.2, 0) is 22.4 Å². The Morgan fingerprint density at radius 3 is 2.74 bits per heavy atom. The number of hydrogen-bond acceptors (Lipinski definition) is 6. The molecule has 7 nitrogen and oxygen atoms in total. The van der Waals surface area contributed by atoms with Gasteiger partial charge in [-0.25, -0.2) is 0 Å². The molecule has 0 saturated carbocycles. The van der Waals surface area contributed by atoms with Crippen LogP contribution in [0.4, 0.5) is 5.00 Å². The highest BCUT2D eigenvalue weighted by Crippen LogP contribution is 2.38. The van der Waals surface area contributed by atoms with Crippen molar-refractivity contribution in [2.75, 3.05) is 5.32 Å². The summed E-state index contributed by atoms with van der Waals surface area (Å²) in [4.78, 5) is 36.6. The molecule has 1 atom stereocenters. The largest absolute Gasteiger partial charge is 0.365 e. The molecule has 9 heteroatoms. The Hall–Kier alpha value is -1.87. The topological polar surface area (TPSA) is 125 Å². The van der Waals surface area contributed by atoms with E-state index >= 15 is 0 Å². The van der Waals surface area contributed by atoms with Crippen LogP contribution in [0, 0.1) is 5.41 Å². The van der Waals surface area contributed by atoms with E-state index in [9.17, 15) is 14.4 Å². The SMILES string of the molecule is N=C1NC(=O)C(CC(=O)Nc2sc3c(c2C(N)=O)CCCC3)S1. The number of thioether (sulfide) groups is 1. The Balaban J connectivity index is 1.76. The van der Waals surface area contributed by atoms with Crippen LogP contribution in [0.3, 0.4) is 0 Å². The number of carbonyl (C=O) groups excluding carboxylic acids is 3. The first kappa shape index (κ1) is 16.0. The summed E-state index contributed by atoms with van der Waals surface area (Å²) >= 11 is 2.42. The zero-order valence-electron chi connectivity index (χ0n) is 12.2. The zero-order valence-corrected chi connectivity index (χ0v) is 13.9. The minimum atomic E-state index is -0.603. The Bertz CT molecular complexity index is 713. The number of amidine groups is 1. The maximum atomic E-state index is 12.2. The number of rotatable bonds is 4. The molecule has 0 radical (unpaired) electrons. The lowest BCUT2D eigenvalue weighted by molar-refractivity contribution is -0.122. The number of nitrogens with one attached hydrogen (secondary N) is 3. The molecule has 1 aromatic heterocycles. The lowest BCUT2D eigenvalue weighted by atomic mass is 9.95. The highest BCUT2D eigenvalue weighted by molar-refractivity contribution is 8.15. The highest BCUT2D eigenvalue weighted by Gasteiger charge is 2.32. The van der Waals surface area contributed by atoms with Crippen molar-refractivity contribution in [3.63, 3.8) is 0 Å². The average molecular weight is 352 g/mol. The quantitative estimate of drug-likeness (QED) is 0.650. The Morgan fingerprint density at radius 1 is 1.35 bits per heavy atom. The molecule has 1 unspecified atom stereocenters. The fourth-order valence-electron chi connectivity index (χ4n) is 2.81. The van der Waals surface area contributed by atoms with Crippen molar-refractivity contribution >= 4 is 51.0 Å². The van der Waals surface area contributed by atoms with Gasteiger partial charge in [-0.05, 0) is 31.2 Å². The van der Waals surface area contributed by atoms with E-state index in [0.29, 0.717) is 10.6 Å². The summed E-state index contributed by atoms with van der Waals surface area (Å²) in [7, 11) is 0. The van der Waals surface area contributed by atoms with E-state index in [1.54, 1.807) is 0 Å². The summed E-state index contributed by atoms with van der Waals surface area (Å²) in [6.07, 6.45) is 3.74. The van der Waals surface area contributed by atoms with Crippen LogP contribution in [0.5, 0.6) is 0 Å². The van der Waals surface area contributed by atoms with Crippen LogP contribution >= 0.6 is 23.1 Å². The molecule has 1 aromatic rings. The summed E-state index contributed by atoms with van der Waals surface area (Å²) in [5.74, 6) is -1.22. The van der Waals surface area contributed by atoms with Gasteiger partial charge in [0.2, 0.25) is 11.8 Å². The van der Waals surface area contributed by atoms with Crippen molar-refractivity contribution in [2.45, 2.75) is 37.4 Å². The van der Waals surface area contributed by atoms with Crippen molar-refractivity contribution in [3.8, 4) is 0 Å². The summed E-state index contributed by atoms with van der Waals surface area (Å²) < 4.78 is 0. The lowest BCUT2D eigenvalue weighted by Gasteiger charge is -2.11. The predicted octanol–water partition coefficient (Wildman–Crippen LogP) is 1.22. The lowest BCUT2D eigenvalue weighted by Crippen LogP contribution is -2.28. The molecule has 2 heterocycles. The second-order valence-electron chi connectivity index (χ2n) is 5.46. The second kappa shape index (κ2) is 6.32. The Labute approximate surface area is 140 Å². The summed E-state index contributed by atoms with van der Waals surface area (Å²) in [6.45, 7) is 0. The van der Waals surface area contributed by atoms with Gasteiger partial charge < -0.3 is 16.4 Å². The van der Waals surface area contributed by atoms with Gasteiger partial charge in [0.25, 0.3) is 5.91 Å². The van der Waals surface area contributed by atoms with Crippen LogP contribution in [-0.4, -0.2) is 28.1 Å². The Morgan fingerprint density at radius 2 is 2.09 bits per heavy atom. The van der Waals surface area contributed by atoms with Crippen molar-refractivity contribution in [1.82, 2.24) is 5.32 Å². The molecule has 0 aromatic carbocycles. The van der Waals surface area contributed by atoms with Gasteiger partial charge in [-0.15, -0.1) is 11.3 Å². The number of fused-ring (bicyclic) bond motifs is 1. The molecule has 23 heavy (non-hydrogen) atoms. The van der Waals surface area contributed by atoms with E-state index in [2.05, 4.69) is 10.6 Å². The zero-order chi connectivity index (χ0) is 16.6. The first-order chi connectivity index (χ1) is 11.0. The number of anilines is 1. The number of hydrogen-bond donors (Lipinski definition) is 4. The van der Waals surface area contributed by atoms with E-state index < -0.39 is 11.2 Å². The number of aryl methyl sites for hydroxylation is 1. The van der Waals surface area contributed by atoms with Gasteiger partial charge in [-0.2, -0.15) is 0 Å². The molecular formula is C14H16N4O3S2. The average Bonchev–Trinajstić information content (AvgIpc) is 2.98. The van der Waals surface area contributed by atoms with E-state index in [4.69, 9.17) is 11.1 Å². The van der Waals surface area contributed by atoms with Crippen molar-refractivity contribution < 1.29 is 14.4 Å². The monoisotopic (exact) mass is 352 g/mol. The number of primary amides is 1. The maximum Gasteiger partial charge on any atom is 0.251 e. The molecular weight excluding hydrogens is 336 g/mol. The number of carbonyl (C=O) groups is 3. The summed E-state index contributed by atoms with van der Waals surface area (Å²) in [5, 5.41) is 12.4. The third-order valence-corrected chi connectivity index (χ3v) is 6.04. The molecule has 1 saturated heterocycles. The molecule has 3 amide bonds. The van der Waals surface area contributed by atoms with Gasteiger partial charge in [0, 0.05) is 11.3 Å². The molecule has 0 spiro atoms. The number of amides is 3. The molecule has 3 rings (SSSR count). The highest BCUT2D eigenvalue weighted by atomic mass is 32.2. The first-order valence-electron chi connectivity index (χ1n) is 7.26. The van der Waals surface area contributed by atoms with E-state index in [1.165, 1.54) is 11.3 Å². The summed E-state index contributed by atoms with van der Waals surface area (Å²) in [6, 6.07) is 0. The van der Waals surface area contributed by atoms with Gasteiger partial charge in [0.1, 0.15) is 10.3 Å². The van der Waals surface area contributed by atoms with Gasteiger partial charge in [0.15, 0.2) is 5.17 Å². The van der Waals surface area contributed by atoms with Gasteiger partial charge in [0.05, 0.1) is 5.56 Å². The van der Waals surface area contributed by atoms with Crippen molar-refractivity contribution in [3.05, 3.63) is 16.0 Å². The van der Waals surface area contributed by atoms with Crippen LogP contribution in [0.1, 0.15) is 40.1 Å². The molecule has 2 aliphatic rings. The molecule has 5 N–H and O–H groups in total. The van der Waals surface area contributed by atoms with Crippen LogP contribution in [0.15, 0.2) is 0 Å². The number of thiophene rings is 1. The summed E-state index contributed by atoms with van der Waals surface area (Å²) in [5.41, 5.74) is 6.85. The fraction of sp³-hybridized carbons (Fsp3) is 0.429. The molecule has 1 aliphatic carbocycles. The Kier molecular flexibility index (Phi) is 4.40. The fourth-order valence-corrected chi connectivity index (χ4v) is 4.97. The van der Waals surface area contributed by atoms with E-state index in [1.807, 2.05) is 0 Å². The minimum absolute atomic E-state index is 0.0420. The van der Waals surface area contributed by atoms with Crippen LogP contribution in [0.25, 0.3) is 0 Å². The van der Waals surface area contributed by atoms with Gasteiger partial charge in [-0.3, -0.25) is 19.8 Å². The van der Waals surface area contributed by atoms with Crippen LogP contribution < -0.4 is 16.4 Å². The van der Waals surface area contributed by atoms with Crippen molar-refractivity contribution in [2.24, 2.45) is 5.73 Å². The van der Waals surface area contributed by atoms with Gasteiger partial charge in [-0.1, -0.05) is 11.8 Å². The molecule has 1 aliphatic heterocycles. The molecule has 1 fully saturated rings. The number of nitrogens with two attached hydrogens (primary N) is 1. The molecule has 0 bridgehead atoms. The smallest absolute Gasteiger partial charge is 0.251 e. The van der Waals surface area contributed by atoms with Crippen LogP contribution in [0.2, 0.25) is 0 Å². The normalized spacial score (nSPS) is 20.1. The third-order valence-electron chi connectivity index (χ3n) is 3.83. The standard InChI is InChI=1S/C14H16N4O3S2/c15-11(20)10-6-3-1-2-4-7(6)22-13(10)17-9(19)5-8-12(21)18-14(16)23-8/h8H,1-5H2,(H2,15,20)(H,17,19)(H2,16,18,21). The maximum absolute atomic E-state index is 12.2. The van der Waals surface area contributed by atoms with E-state index in [-0.39, 0.29) is 23.4 Å².